The lowest BCUT2D eigenvalue weighted by molar-refractivity contribution is 0.477. The Hall–Kier alpha value is -3.96. The van der Waals surface area contributed by atoms with E-state index in [0.29, 0.717) is 22.4 Å². The maximum Gasteiger partial charge on any atom is 0.191 e. The van der Waals surface area contributed by atoms with E-state index in [1.54, 1.807) is 12.1 Å². The predicted octanol–water partition coefficient (Wildman–Crippen LogP) is 7.09. The molecule has 1 N–H and O–H groups in total. The molecule has 6 rings (SSSR count). The second kappa shape index (κ2) is 7.87. The first-order valence-corrected chi connectivity index (χ1v) is 11.9. The summed E-state index contributed by atoms with van der Waals surface area (Å²) in [6.07, 6.45) is 1.94. The van der Waals surface area contributed by atoms with Crippen LogP contribution in [0.4, 0.5) is 0 Å². The van der Waals surface area contributed by atoms with Crippen molar-refractivity contribution in [2.24, 2.45) is 0 Å². The summed E-state index contributed by atoms with van der Waals surface area (Å²) in [5.74, 6) is 1.21. The first kappa shape index (κ1) is 19.7. The summed E-state index contributed by atoms with van der Waals surface area (Å²) in [5, 5.41) is 18.0. The van der Waals surface area contributed by atoms with Gasteiger partial charge in [-0.15, -0.1) is 0 Å². The van der Waals surface area contributed by atoms with Gasteiger partial charge in [0.1, 0.15) is 5.75 Å². The Bertz CT molecular complexity index is 1680. The van der Waals surface area contributed by atoms with Crippen molar-refractivity contribution < 1.29 is 5.11 Å². The summed E-state index contributed by atoms with van der Waals surface area (Å²) in [4.78, 5) is 14.2. The lowest BCUT2D eigenvalue weighted by Gasteiger charge is -2.13. The Kier molecular flexibility index (Phi) is 4.70. The smallest absolute Gasteiger partial charge is 0.191 e. The molecule has 0 bridgehead atoms. The van der Waals surface area contributed by atoms with Crippen molar-refractivity contribution >= 4 is 44.1 Å². The first-order valence-electron chi connectivity index (χ1n) is 10.6. The number of benzene rings is 5. The summed E-state index contributed by atoms with van der Waals surface area (Å²) in [6.45, 7) is 0. The molecule has 0 aliphatic heterocycles. The number of phenols is 1. The van der Waals surface area contributed by atoms with Gasteiger partial charge in [-0.05, 0) is 56.8 Å². The molecule has 0 atom stereocenters. The molecule has 0 fully saturated rings. The van der Waals surface area contributed by atoms with Crippen LogP contribution in [0.5, 0.6) is 5.75 Å². The minimum Gasteiger partial charge on any atom is -0.507 e. The molecule has 4 nitrogen and oxygen atoms in total. The minimum absolute atomic E-state index is 0.149. The van der Waals surface area contributed by atoms with Gasteiger partial charge in [-0.2, -0.15) is 0 Å². The number of thioether (sulfide) groups is 1. The van der Waals surface area contributed by atoms with Crippen LogP contribution in [0.2, 0.25) is 0 Å². The molecule has 6 aromatic rings. The zero-order chi connectivity index (χ0) is 22.4. The van der Waals surface area contributed by atoms with Crippen molar-refractivity contribution in [1.29, 1.82) is 0 Å². The van der Waals surface area contributed by atoms with Crippen molar-refractivity contribution in [3.8, 4) is 28.5 Å². The predicted molar refractivity (Wildman–Crippen MR) is 137 cm³/mol. The highest BCUT2D eigenvalue weighted by molar-refractivity contribution is 7.98. The number of hydrogen-bond acceptors (Lipinski definition) is 5. The van der Waals surface area contributed by atoms with E-state index >= 15 is 0 Å². The van der Waals surface area contributed by atoms with E-state index in [-0.39, 0.29) is 5.75 Å². The number of aromatic nitrogens is 3. The average molecular weight is 446 g/mol. The molecule has 0 saturated carbocycles. The van der Waals surface area contributed by atoms with E-state index < -0.39 is 0 Å². The Morgan fingerprint density at radius 3 is 2.00 bits per heavy atom. The van der Waals surface area contributed by atoms with E-state index in [9.17, 15) is 5.11 Å². The van der Waals surface area contributed by atoms with E-state index in [1.165, 1.54) is 27.9 Å². The summed E-state index contributed by atoms with van der Waals surface area (Å²) in [5.41, 5.74) is 1.54. The average Bonchev–Trinajstić information content (AvgIpc) is 2.88. The number of nitrogens with zero attached hydrogens (tertiary/aromatic N) is 3. The van der Waals surface area contributed by atoms with Crippen LogP contribution in [-0.4, -0.2) is 26.3 Å². The van der Waals surface area contributed by atoms with Crippen LogP contribution in [0.15, 0.2) is 96.2 Å². The molecule has 158 valence electrons. The Morgan fingerprint density at radius 1 is 0.576 bits per heavy atom. The number of fused-ring (bicyclic) bond motifs is 5. The minimum atomic E-state index is 0.149. The van der Waals surface area contributed by atoms with Crippen molar-refractivity contribution in [3.05, 3.63) is 91.0 Å². The summed E-state index contributed by atoms with van der Waals surface area (Å²) < 4.78 is 0. The molecule has 1 heterocycles. The van der Waals surface area contributed by atoms with Crippen LogP contribution < -0.4 is 0 Å². The fraction of sp³-hybridized carbons (Fsp3) is 0.0357. The van der Waals surface area contributed by atoms with E-state index in [1.807, 2.05) is 24.5 Å². The highest BCUT2D eigenvalue weighted by Gasteiger charge is 2.16. The third-order valence-corrected chi connectivity index (χ3v) is 6.50. The number of hydrogen-bond donors (Lipinski definition) is 1. The maximum absolute atomic E-state index is 10.4. The van der Waals surface area contributed by atoms with Gasteiger partial charge in [0.2, 0.25) is 0 Å². The fourth-order valence-electron chi connectivity index (χ4n) is 4.40. The Morgan fingerprint density at radius 2 is 1.21 bits per heavy atom. The zero-order valence-corrected chi connectivity index (χ0v) is 18.7. The van der Waals surface area contributed by atoms with Gasteiger partial charge in [-0.25, -0.2) is 15.0 Å². The second-order valence-corrected chi connectivity index (χ2v) is 8.61. The first-order chi connectivity index (χ1) is 16.2. The van der Waals surface area contributed by atoms with Crippen molar-refractivity contribution in [1.82, 2.24) is 15.0 Å². The molecule has 5 aromatic carbocycles. The number of para-hydroxylation sites is 1. The Balaban J connectivity index is 1.71. The molecule has 33 heavy (non-hydrogen) atoms. The van der Waals surface area contributed by atoms with E-state index in [4.69, 9.17) is 9.97 Å². The van der Waals surface area contributed by atoms with Crippen LogP contribution in [0, 0.1) is 0 Å². The third-order valence-electron chi connectivity index (χ3n) is 5.95. The lowest BCUT2D eigenvalue weighted by atomic mass is 9.93. The lowest BCUT2D eigenvalue weighted by Crippen LogP contribution is -2.00. The van der Waals surface area contributed by atoms with Gasteiger partial charge in [0.25, 0.3) is 0 Å². The Labute approximate surface area is 195 Å². The molecule has 1 aromatic heterocycles. The van der Waals surface area contributed by atoms with Crippen molar-refractivity contribution in [2.45, 2.75) is 5.16 Å². The highest BCUT2D eigenvalue weighted by Crippen LogP contribution is 2.38. The van der Waals surface area contributed by atoms with Gasteiger partial charge < -0.3 is 5.11 Å². The second-order valence-electron chi connectivity index (χ2n) is 7.84. The van der Waals surface area contributed by atoms with Gasteiger partial charge in [-0.3, -0.25) is 0 Å². The molecule has 0 unspecified atom stereocenters. The highest BCUT2D eigenvalue weighted by atomic mass is 32.2. The topological polar surface area (TPSA) is 58.9 Å². The number of phenolic OH excluding ortho intramolecular Hbond substituents is 1. The summed E-state index contributed by atoms with van der Waals surface area (Å²) >= 11 is 1.46. The van der Waals surface area contributed by atoms with Gasteiger partial charge in [0, 0.05) is 5.56 Å². The normalized spacial score (nSPS) is 11.4. The van der Waals surface area contributed by atoms with Crippen LogP contribution in [0.25, 0.3) is 55.1 Å². The van der Waals surface area contributed by atoms with Crippen molar-refractivity contribution in [2.75, 3.05) is 6.26 Å². The summed E-state index contributed by atoms with van der Waals surface area (Å²) in [6, 6.07) is 30.5. The molecule has 0 aliphatic carbocycles. The van der Waals surface area contributed by atoms with Crippen LogP contribution in [0.3, 0.4) is 0 Å². The standard InChI is InChI=1S/C28H19N3OS/c1-33-28-30-26(22-12-6-7-13-25(22)32)29-27(31-28)24-16-23-18-9-3-2-8-17(18)14-15-21(23)19-10-4-5-11-20(19)24/h2-16,32H,1H3. The molecule has 0 saturated heterocycles. The molecule has 0 spiro atoms. The van der Waals surface area contributed by atoms with Crippen LogP contribution in [0.1, 0.15) is 0 Å². The van der Waals surface area contributed by atoms with Crippen LogP contribution >= 0.6 is 11.8 Å². The van der Waals surface area contributed by atoms with E-state index in [0.717, 1.165) is 21.7 Å². The maximum atomic E-state index is 10.4. The molecular weight excluding hydrogens is 426 g/mol. The SMILES string of the molecule is CSc1nc(-c2ccccc2O)nc(-c2cc3c4ccccc4ccc3c3ccccc23)n1. The van der Waals surface area contributed by atoms with Crippen LogP contribution in [-0.2, 0) is 0 Å². The van der Waals surface area contributed by atoms with Gasteiger partial charge in [-0.1, -0.05) is 84.6 Å². The van der Waals surface area contributed by atoms with Crippen molar-refractivity contribution in [3.63, 3.8) is 0 Å². The van der Waals surface area contributed by atoms with Gasteiger partial charge in [0.15, 0.2) is 16.8 Å². The quantitative estimate of drug-likeness (QED) is 0.233. The molecule has 0 radical (unpaired) electrons. The monoisotopic (exact) mass is 445 g/mol. The van der Waals surface area contributed by atoms with Gasteiger partial charge >= 0.3 is 0 Å². The molecule has 0 aliphatic rings. The molecular formula is C28H19N3OS. The largest absolute Gasteiger partial charge is 0.507 e. The molecule has 5 heteroatoms. The summed E-state index contributed by atoms with van der Waals surface area (Å²) in [7, 11) is 0. The zero-order valence-electron chi connectivity index (χ0n) is 17.9. The molecule has 0 amide bonds. The number of rotatable bonds is 3. The van der Waals surface area contributed by atoms with E-state index in [2.05, 4.69) is 65.6 Å². The third kappa shape index (κ3) is 3.29. The number of aromatic hydroxyl groups is 1. The fourth-order valence-corrected chi connectivity index (χ4v) is 4.75. The van der Waals surface area contributed by atoms with Gasteiger partial charge in [0.05, 0.1) is 5.56 Å².